The van der Waals surface area contributed by atoms with E-state index in [1.165, 1.54) is 283 Å². The van der Waals surface area contributed by atoms with Gasteiger partial charge in [0.1, 0.15) is 0 Å². The van der Waals surface area contributed by atoms with E-state index < -0.39 is 12.1 Å². The van der Waals surface area contributed by atoms with E-state index in [4.69, 9.17) is 4.74 Å². The second-order valence-corrected chi connectivity index (χ2v) is 21.7. The first kappa shape index (κ1) is 68.3. The maximum atomic E-state index is 12.5. The topological polar surface area (TPSA) is 95.9 Å². The second-order valence-electron chi connectivity index (χ2n) is 21.7. The molecule has 70 heavy (non-hydrogen) atoms. The molecule has 0 rings (SSSR count). The fourth-order valence-corrected chi connectivity index (χ4v) is 9.87. The van der Waals surface area contributed by atoms with Crippen molar-refractivity contribution in [2.75, 3.05) is 13.2 Å². The lowest BCUT2D eigenvalue weighted by Gasteiger charge is -2.20. The third kappa shape index (κ3) is 55.7. The lowest BCUT2D eigenvalue weighted by Crippen LogP contribution is -2.45. The molecular formula is C64H123NO5. The van der Waals surface area contributed by atoms with Crippen LogP contribution in [0.4, 0.5) is 0 Å². The Morgan fingerprint density at radius 3 is 1.01 bits per heavy atom. The number of allylic oxidation sites excluding steroid dienone is 3. The Morgan fingerprint density at radius 2 is 0.671 bits per heavy atom. The lowest BCUT2D eigenvalue weighted by atomic mass is 10.0. The zero-order chi connectivity index (χ0) is 50.7. The van der Waals surface area contributed by atoms with Gasteiger partial charge in [-0.3, -0.25) is 9.59 Å². The molecule has 6 heteroatoms. The standard InChI is InChI=1S/C64H123NO5/c1-3-5-7-9-11-13-15-17-29-33-36-40-44-48-52-56-62(67)61(60-66)65-63(68)57-53-49-45-41-37-34-30-27-25-23-21-19-18-20-22-24-26-28-31-35-39-43-47-51-55-59-70-64(69)58-54-50-46-42-38-32-16-14-12-10-8-6-4-2/h19,21,52,56,61-62,66-67H,3-18,20,22-51,53-55,57-60H2,1-2H3,(H,65,68)/b21-19-,56-52+. The number of ether oxygens (including phenoxy) is 1. The van der Waals surface area contributed by atoms with Crippen LogP contribution < -0.4 is 5.32 Å². The summed E-state index contributed by atoms with van der Waals surface area (Å²) < 4.78 is 5.48. The molecule has 0 bridgehead atoms. The number of hydrogen-bond donors (Lipinski definition) is 3. The molecule has 0 aromatic rings. The van der Waals surface area contributed by atoms with Crippen molar-refractivity contribution < 1.29 is 24.5 Å². The molecule has 6 nitrogen and oxygen atoms in total. The molecular weight excluding hydrogens is 863 g/mol. The Kier molecular flexibility index (Phi) is 58.5. The van der Waals surface area contributed by atoms with Gasteiger partial charge in [-0.05, 0) is 57.8 Å². The van der Waals surface area contributed by atoms with E-state index >= 15 is 0 Å². The van der Waals surface area contributed by atoms with Crippen LogP contribution in [-0.2, 0) is 14.3 Å². The predicted octanol–water partition coefficient (Wildman–Crippen LogP) is 19.8. The largest absolute Gasteiger partial charge is 0.466 e. The normalized spacial score (nSPS) is 12.7. The number of amides is 1. The molecule has 0 aliphatic heterocycles. The highest BCUT2D eigenvalue weighted by Crippen LogP contribution is 2.17. The second kappa shape index (κ2) is 59.9. The third-order valence-corrected chi connectivity index (χ3v) is 14.7. The quantitative estimate of drug-likeness (QED) is 0.0321. The van der Waals surface area contributed by atoms with E-state index in [1.807, 2.05) is 6.08 Å². The molecule has 2 unspecified atom stereocenters. The summed E-state index contributed by atoms with van der Waals surface area (Å²) in [6, 6.07) is -0.629. The maximum absolute atomic E-state index is 12.5. The fourth-order valence-electron chi connectivity index (χ4n) is 9.87. The first-order chi connectivity index (χ1) is 34.5. The number of carbonyl (C=O) groups is 2. The van der Waals surface area contributed by atoms with Gasteiger partial charge in [0, 0.05) is 12.8 Å². The average Bonchev–Trinajstić information content (AvgIpc) is 3.36. The molecule has 1 amide bonds. The molecule has 0 aliphatic rings. The van der Waals surface area contributed by atoms with Crippen molar-refractivity contribution in [1.29, 1.82) is 0 Å². The van der Waals surface area contributed by atoms with E-state index in [1.54, 1.807) is 6.08 Å². The Morgan fingerprint density at radius 1 is 0.386 bits per heavy atom. The Labute approximate surface area is 437 Å². The molecule has 3 N–H and O–H groups in total. The zero-order valence-electron chi connectivity index (χ0n) is 47.3. The van der Waals surface area contributed by atoms with Crippen molar-refractivity contribution in [3.8, 4) is 0 Å². The van der Waals surface area contributed by atoms with Crippen LogP contribution in [0, 0.1) is 0 Å². The van der Waals surface area contributed by atoms with Crippen molar-refractivity contribution in [3.63, 3.8) is 0 Å². The number of aliphatic hydroxyl groups excluding tert-OH is 2. The van der Waals surface area contributed by atoms with Crippen LogP contribution in [0.2, 0.25) is 0 Å². The summed E-state index contributed by atoms with van der Waals surface area (Å²) in [4.78, 5) is 24.5. The van der Waals surface area contributed by atoms with Gasteiger partial charge < -0.3 is 20.3 Å². The molecule has 0 aromatic carbocycles. The van der Waals surface area contributed by atoms with Crippen LogP contribution in [0.25, 0.3) is 0 Å². The van der Waals surface area contributed by atoms with Crippen LogP contribution in [-0.4, -0.2) is 47.4 Å². The number of rotatable bonds is 59. The summed E-state index contributed by atoms with van der Waals surface area (Å²) in [5.74, 6) is -0.0545. The number of carbonyl (C=O) groups excluding carboxylic acids is 2. The summed E-state index contributed by atoms with van der Waals surface area (Å²) in [7, 11) is 0. The highest BCUT2D eigenvalue weighted by Gasteiger charge is 2.18. The number of nitrogens with one attached hydrogen (secondary N) is 1. The van der Waals surface area contributed by atoms with Crippen LogP contribution in [0.5, 0.6) is 0 Å². The predicted molar refractivity (Wildman–Crippen MR) is 306 cm³/mol. The van der Waals surface area contributed by atoms with E-state index in [2.05, 4.69) is 31.3 Å². The van der Waals surface area contributed by atoms with Gasteiger partial charge in [-0.2, -0.15) is 0 Å². The summed E-state index contributed by atoms with van der Waals surface area (Å²) >= 11 is 0. The SMILES string of the molecule is CCCCCCCCCCCCCCC/C=C/C(O)C(CO)NC(=O)CCCCCCCCCCC/C=C\CCCCCCCCCCCCCCOC(=O)CCCCCCCCCCCCCCC. The van der Waals surface area contributed by atoms with E-state index in [0.717, 1.165) is 38.5 Å². The molecule has 0 saturated carbocycles. The smallest absolute Gasteiger partial charge is 0.305 e. The molecule has 0 aliphatic carbocycles. The number of aliphatic hydroxyl groups is 2. The number of hydrogen-bond acceptors (Lipinski definition) is 5. The minimum absolute atomic E-state index is 0.0148. The highest BCUT2D eigenvalue weighted by atomic mass is 16.5. The van der Waals surface area contributed by atoms with Gasteiger partial charge in [0.15, 0.2) is 0 Å². The summed E-state index contributed by atoms with van der Waals surface area (Å²) in [5.41, 5.74) is 0. The van der Waals surface area contributed by atoms with Crippen LogP contribution in [0.3, 0.4) is 0 Å². The minimum atomic E-state index is -0.846. The monoisotopic (exact) mass is 986 g/mol. The fraction of sp³-hybridized carbons (Fsp3) is 0.906. The van der Waals surface area contributed by atoms with E-state index in [0.29, 0.717) is 19.4 Å². The molecule has 0 radical (unpaired) electrons. The molecule has 0 spiro atoms. The van der Waals surface area contributed by atoms with Crippen LogP contribution >= 0.6 is 0 Å². The maximum Gasteiger partial charge on any atom is 0.305 e. The molecule has 414 valence electrons. The van der Waals surface area contributed by atoms with Gasteiger partial charge in [-0.25, -0.2) is 0 Å². The molecule has 0 fully saturated rings. The van der Waals surface area contributed by atoms with Crippen LogP contribution in [0.15, 0.2) is 24.3 Å². The van der Waals surface area contributed by atoms with E-state index in [9.17, 15) is 19.8 Å². The van der Waals surface area contributed by atoms with Crippen molar-refractivity contribution >= 4 is 11.9 Å². The van der Waals surface area contributed by atoms with Gasteiger partial charge in [0.25, 0.3) is 0 Å². The van der Waals surface area contributed by atoms with Gasteiger partial charge in [0.05, 0.1) is 25.4 Å². The average molecular weight is 987 g/mol. The van der Waals surface area contributed by atoms with E-state index in [-0.39, 0.29) is 18.5 Å². The molecule has 0 heterocycles. The Bertz CT molecular complexity index is 1090. The summed E-state index contributed by atoms with van der Waals surface area (Å²) in [6.07, 6.45) is 73.7. The van der Waals surface area contributed by atoms with Crippen molar-refractivity contribution in [2.24, 2.45) is 0 Å². The first-order valence-corrected chi connectivity index (χ1v) is 31.6. The molecule has 2 atom stereocenters. The van der Waals surface area contributed by atoms with Crippen LogP contribution in [0.1, 0.15) is 348 Å². The van der Waals surface area contributed by atoms with Crippen molar-refractivity contribution in [3.05, 3.63) is 24.3 Å². The first-order valence-electron chi connectivity index (χ1n) is 31.6. The Hall–Kier alpha value is -1.66. The van der Waals surface area contributed by atoms with Gasteiger partial charge in [-0.15, -0.1) is 0 Å². The number of unbranched alkanes of at least 4 members (excludes halogenated alkanes) is 46. The third-order valence-electron chi connectivity index (χ3n) is 14.7. The lowest BCUT2D eigenvalue weighted by molar-refractivity contribution is -0.143. The van der Waals surface area contributed by atoms with Crippen molar-refractivity contribution in [2.45, 2.75) is 360 Å². The summed E-state index contributed by atoms with van der Waals surface area (Å²) in [5, 5.41) is 23.1. The number of esters is 1. The van der Waals surface area contributed by atoms with Gasteiger partial charge in [0.2, 0.25) is 5.91 Å². The highest BCUT2D eigenvalue weighted by molar-refractivity contribution is 5.76. The minimum Gasteiger partial charge on any atom is -0.466 e. The summed E-state index contributed by atoms with van der Waals surface area (Å²) in [6.45, 7) is 4.92. The molecule has 0 saturated heterocycles. The van der Waals surface area contributed by atoms with Gasteiger partial charge in [-0.1, -0.05) is 301 Å². The van der Waals surface area contributed by atoms with Crippen molar-refractivity contribution in [1.82, 2.24) is 5.32 Å². The van der Waals surface area contributed by atoms with Gasteiger partial charge >= 0.3 is 5.97 Å². The Balaban J connectivity index is 3.41. The molecule has 0 aromatic heterocycles. The zero-order valence-corrected chi connectivity index (χ0v) is 47.3.